The van der Waals surface area contributed by atoms with Crippen LogP contribution in [-0.4, -0.2) is 44.3 Å². The number of aliphatic hydroxyl groups excluding tert-OH is 1. The van der Waals surface area contributed by atoms with E-state index in [1.54, 1.807) is 26.0 Å². The van der Waals surface area contributed by atoms with Gasteiger partial charge in [-0.1, -0.05) is 48.0 Å². The Labute approximate surface area is 183 Å². The van der Waals surface area contributed by atoms with Gasteiger partial charge in [-0.25, -0.2) is 13.2 Å². The summed E-state index contributed by atoms with van der Waals surface area (Å²) in [5.41, 5.74) is 1.59. The molecule has 2 aromatic rings. The molecule has 0 amide bonds. The second-order valence-electron chi connectivity index (χ2n) is 6.83. The number of rotatable bonds is 10. The van der Waals surface area contributed by atoms with Gasteiger partial charge in [0.05, 0.1) is 18.1 Å². The maximum Gasteiger partial charge on any atom is 0.343 e. The molecule has 0 aliphatic rings. The number of esters is 1. The molecule has 0 aliphatic heterocycles. The zero-order valence-corrected chi connectivity index (χ0v) is 18.6. The fourth-order valence-corrected chi connectivity index (χ4v) is 3.54. The van der Waals surface area contributed by atoms with Crippen molar-refractivity contribution in [3.63, 3.8) is 0 Å². The molecule has 2 aromatic carbocycles. The normalized spacial score (nSPS) is 13.6. The van der Waals surface area contributed by atoms with Gasteiger partial charge in [-0.3, -0.25) is 4.99 Å². The molecule has 0 aliphatic carbocycles. The summed E-state index contributed by atoms with van der Waals surface area (Å²) in [6, 6.07) is 15.7. The van der Waals surface area contributed by atoms with Crippen LogP contribution in [-0.2, 0) is 30.7 Å². The molecule has 7 nitrogen and oxygen atoms in total. The molecule has 0 fully saturated rings. The number of aliphatic hydroxyl groups is 1. The number of hydrogen-bond donors (Lipinski definition) is 1. The van der Waals surface area contributed by atoms with Crippen LogP contribution in [0.25, 0.3) is 0 Å². The van der Waals surface area contributed by atoms with Crippen LogP contribution in [0.3, 0.4) is 0 Å². The van der Waals surface area contributed by atoms with Gasteiger partial charge >= 0.3 is 5.97 Å². The van der Waals surface area contributed by atoms with Crippen LogP contribution in [0.1, 0.15) is 25.0 Å². The lowest BCUT2D eigenvalue weighted by Gasteiger charge is -2.15. The Kier molecular flexibility index (Phi) is 8.96. The molecule has 0 saturated carbocycles. The summed E-state index contributed by atoms with van der Waals surface area (Å²) in [6.07, 6.45) is 0.182. The Morgan fingerprint density at radius 3 is 2.39 bits per heavy atom. The van der Waals surface area contributed by atoms with Crippen molar-refractivity contribution in [3.8, 4) is 0 Å². The number of sulfone groups is 1. The second-order valence-corrected chi connectivity index (χ2v) is 8.79. The molecule has 0 unspecified atom stereocenters. The van der Waals surface area contributed by atoms with Crippen molar-refractivity contribution in [1.29, 1.82) is 0 Å². The van der Waals surface area contributed by atoms with Crippen molar-refractivity contribution >= 4 is 22.0 Å². The lowest BCUT2D eigenvalue weighted by atomic mass is 10.2. The molecule has 31 heavy (non-hydrogen) atoms. The molecule has 2 rings (SSSR count). The highest BCUT2D eigenvalue weighted by Crippen LogP contribution is 2.15. The molecule has 0 bridgehead atoms. The molecule has 166 valence electrons. The number of carbonyl (C=O) groups is 1. The largest absolute Gasteiger partial charge is 0.509 e. The first-order valence-electron chi connectivity index (χ1n) is 9.79. The standard InChI is InChI=1S/C23H27NO6S/c1-4-29-23(26)21(22(25)18(3)30-15-19-8-6-5-7-9-19)14-24-16-31(27,28)20-12-10-17(2)11-13-20/h5-14,18,25H,4,15-16H2,1-3H3/b22-21-,24-14+/t18-/m0/s1. The molecule has 8 heteroatoms. The highest BCUT2D eigenvalue weighted by molar-refractivity contribution is 7.91. The van der Waals surface area contributed by atoms with Crippen LogP contribution < -0.4 is 0 Å². The first-order valence-corrected chi connectivity index (χ1v) is 11.4. The molecular formula is C23H27NO6S. The van der Waals surface area contributed by atoms with E-state index in [2.05, 4.69) is 4.99 Å². The average molecular weight is 446 g/mol. The molecule has 0 radical (unpaired) electrons. The summed E-state index contributed by atoms with van der Waals surface area (Å²) < 4.78 is 35.5. The Morgan fingerprint density at radius 1 is 1.13 bits per heavy atom. The molecule has 1 N–H and O–H groups in total. The summed E-state index contributed by atoms with van der Waals surface area (Å²) >= 11 is 0. The van der Waals surface area contributed by atoms with E-state index >= 15 is 0 Å². The number of aryl methyl sites for hydroxylation is 1. The second kappa shape index (κ2) is 11.4. The highest BCUT2D eigenvalue weighted by atomic mass is 32.2. The van der Waals surface area contributed by atoms with Crippen LogP contribution >= 0.6 is 0 Å². The van der Waals surface area contributed by atoms with E-state index in [1.807, 2.05) is 37.3 Å². The molecular weight excluding hydrogens is 418 g/mol. The third kappa shape index (κ3) is 7.34. The van der Waals surface area contributed by atoms with Crippen molar-refractivity contribution in [2.24, 2.45) is 4.99 Å². The van der Waals surface area contributed by atoms with Crippen LogP contribution in [0.2, 0.25) is 0 Å². The van der Waals surface area contributed by atoms with E-state index in [0.717, 1.165) is 17.3 Å². The number of ether oxygens (including phenoxy) is 2. The molecule has 0 aromatic heterocycles. The Balaban J connectivity index is 2.17. The lowest BCUT2D eigenvalue weighted by molar-refractivity contribution is -0.138. The SMILES string of the molecule is CCOC(=O)C(/C=N/CS(=O)(=O)c1ccc(C)cc1)=C(\O)[C@H](C)OCc1ccccc1. The van der Waals surface area contributed by atoms with E-state index in [1.165, 1.54) is 12.1 Å². The minimum absolute atomic E-state index is 0.0877. The summed E-state index contributed by atoms with van der Waals surface area (Å²) in [6.45, 7) is 5.37. The minimum atomic E-state index is -3.69. The maximum absolute atomic E-state index is 12.5. The lowest BCUT2D eigenvalue weighted by Crippen LogP contribution is -2.19. The van der Waals surface area contributed by atoms with Gasteiger partial charge in [0, 0.05) is 6.21 Å². The first kappa shape index (κ1) is 24.3. The Bertz CT molecular complexity index is 1030. The molecule has 0 heterocycles. The van der Waals surface area contributed by atoms with Crippen LogP contribution in [0.15, 0.2) is 75.8 Å². The fraction of sp³-hybridized carbons (Fsp3) is 0.304. The number of nitrogens with zero attached hydrogens (tertiary/aromatic N) is 1. The minimum Gasteiger partial charge on any atom is -0.509 e. The number of aliphatic imine (C=N–C) groups is 1. The van der Waals surface area contributed by atoms with E-state index in [-0.39, 0.29) is 29.4 Å². The van der Waals surface area contributed by atoms with E-state index in [9.17, 15) is 18.3 Å². The van der Waals surface area contributed by atoms with Gasteiger partial charge in [0.1, 0.15) is 23.3 Å². The van der Waals surface area contributed by atoms with E-state index in [0.29, 0.717) is 0 Å². The van der Waals surface area contributed by atoms with Gasteiger partial charge in [0.25, 0.3) is 0 Å². The Morgan fingerprint density at radius 2 is 1.77 bits per heavy atom. The maximum atomic E-state index is 12.5. The third-order valence-corrected chi connectivity index (χ3v) is 5.82. The summed E-state index contributed by atoms with van der Waals surface area (Å²) in [5, 5.41) is 10.5. The van der Waals surface area contributed by atoms with Crippen molar-refractivity contribution in [2.45, 2.75) is 38.4 Å². The molecule has 0 saturated heterocycles. The van der Waals surface area contributed by atoms with Gasteiger partial charge in [0.2, 0.25) is 0 Å². The van der Waals surface area contributed by atoms with Crippen molar-refractivity contribution in [1.82, 2.24) is 0 Å². The van der Waals surface area contributed by atoms with Gasteiger partial charge in [-0.15, -0.1) is 0 Å². The van der Waals surface area contributed by atoms with E-state index < -0.39 is 27.8 Å². The molecule has 1 atom stereocenters. The van der Waals surface area contributed by atoms with Crippen LogP contribution in [0.5, 0.6) is 0 Å². The van der Waals surface area contributed by atoms with Gasteiger partial charge in [-0.05, 0) is 38.5 Å². The van der Waals surface area contributed by atoms with Gasteiger partial charge in [0.15, 0.2) is 9.84 Å². The van der Waals surface area contributed by atoms with Crippen molar-refractivity contribution in [2.75, 3.05) is 12.5 Å². The predicted octanol–water partition coefficient (Wildman–Crippen LogP) is 3.78. The zero-order chi connectivity index (χ0) is 22.9. The highest BCUT2D eigenvalue weighted by Gasteiger charge is 2.21. The van der Waals surface area contributed by atoms with Crippen molar-refractivity contribution in [3.05, 3.63) is 77.1 Å². The average Bonchev–Trinajstić information content (AvgIpc) is 2.75. The fourth-order valence-electron chi connectivity index (χ4n) is 2.57. The molecule has 0 spiro atoms. The Hall–Kier alpha value is -2.97. The number of carbonyl (C=O) groups excluding carboxylic acids is 1. The third-order valence-electron chi connectivity index (χ3n) is 4.34. The van der Waals surface area contributed by atoms with Crippen LogP contribution in [0, 0.1) is 6.92 Å². The predicted molar refractivity (Wildman–Crippen MR) is 119 cm³/mol. The zero-order valence-electron chi connectivity index (χ0n) is 17.8. The van der Waals surface area contributed by atoms with Gasteiger partial charge in [-0.2, -0.15) is 0 Å². The van der Waals surface area contributed by atoms with Crippen LogP contribution in [0.4, 0.5) is 0 Å². The van der Waals surface area contributed by atoms with E-state index in [4.69, 9.17) is 9.47 Å². The number of hydrogen-bond acceptors (Lipinski definition) is 7. The topological polar surface area (TPSA) is 102 Å². The summed E-state index contributed by atoms with van der Waals surface area (Å²) in [4.78, 5) is 16.3. The summed E-state index contributed by atoms with van der Waals surface area (Å²) in [7, 11) is -3.69. The van der Waals surface area contributed by atoms with Gasteiger partial charge < -0.3 is 14.6 Å². The van der Waals surface area contributed by atoms with Crippen molar-refractivity contribution < 1.29 is 27.8 Å². The number of benzene rings is 2. The summed E-state index contributed by atoms with van der Waals surface area (Å²) in [5.74, 6) is -1.77. The first-order chi connectivity index (χ1) is 14.7. The quantitative estimate of drug-likeness (QED) is 0.258. The monoisotopic (exact) mass is 445 g/mol. The smallest absolute Gasteiger partial charge is 0.343 e.